The monoisotopic (exact) mass is 207 g/mol. The van der Waals surface area contributed by atoms with Crippen LogP contribution in [-0.2, 0) is 4.79 Å². The van der Waals surface area contributed by atoms with Gasteiger partial charge in [-0.2, -0.15) is 0 Å². The third-order valence-corrected chi connectivity index (χ3v) is 2.19. The highest BCUT2D eigenvalue weighted by Gasteiger charge is 2.16. The second-order valence-corrected chi connectivity index (χ2v) is 3.94. The van der Waals surface area contributed by atoms with E-state index in [1.54, 1.807) is 12.3 Å². The molecule has 0 saturated heterocycles. The smallest absolute Gasteiger partial charge is 0.241 e. The maximum absolute atomic E-state index is 11.6. The molecule has 1 amide bonds. The Morgan fingerprint density at radius 2 is 2.20 bits per heavy atom. The number of amides is 1. The molecule has 15 heavy (non-hydrogen) atoms. The standard InChI is InChI=1S/C11H17N3O/c1-7(2)10(12)11(15)14-9-4-5-13-8(3)6-9/h4-7,10H,12H2,1-3H3,(H,13,14,15). The molecule has 0 aliphatic heterocycles. The first kappa shape index (κ1) is 11.7. The molecule has 1 unspecified atom stereocenters. The first-order valence-corrected chi connectivity index (χ1v) is 5.00. The van der Waals surface area contributed by atoms with Crippen LogP contribution in [0.3, 0.4) is 0 Å². The third kappa shape index (κ3) is 3.32. The molecule has 1 aromatic heterocycles. The van der Waals surface area contributed by atoms with E-state index in [2.05, 4.69) is 10.3 Å². The van der Waals surface area contributed by atoms with Crippen molar-refractivity contribution in [3.8, 4) is 0 Å². The first-order chi connectivity index (χ1) is 7.00. The van der Waals surface area contributed by atoms with Crippen LogP contribution in [0, 0.1) is 12.8 Å². The predicted octanol–water partition coefficient (Wildman–Crippen LogP) is 1.31. The van der Waals surface area contributed by atoms with Gasteiger partial charge in [0.1, 0.15) is 0 Å². The van der Waals surface area contributed by atoms with Crippen molar-refractivity contribution >= 4 is 11.6 Å². The molecule has 0 bridgehead atoms. The van der Waals surface area contributed by atoms with E-state index in [0.717, 1.165) is 11.4 Å². The molecule has 0 aromatic carbocycles. The molecule has 1 atom stereocenters. The normalized spacial score (nSPS) is 12.6. The average molecular weight is 207 g/mol. The molecule has 0 aliphatic rings. The number of hydrogen-bond acceptors (Lipinski definition) is 3. The van der Waals surface area contributed by atoms with Crippen LogP contribution in [0.5, 0.6) is 0 Å². The van der Waals surface area contributed by atoms with E-state index in [1.807, 2.05) is 26.8 Å². The van der Waals surface area contributed by atoms with E-state index in [9.17, 15) is 4.79 Å². The Balaban J connectivity index is 2.66. The number of pyridine rings is 1. The van der Waals surface area contributed by atoms with E-state index in [-0.39, 0.29) is 11.8 Å². The lowest BCUT2D eigenvalue weighted by molar-refractivity contribution is -0.118. The Labute approximate surface area is 89.9 Å². The van der Waals surface area contributed by atoms with Crippen LogP contribution in [0.4, 0.5) is 5.69 Å². The largest absolute Gasteiger partial charge is 0.325 e. The Hall–Kier alpha value is -1.42. The summed E-state index contributed by atoms with van der Waals surface area (Å²) >= 11 is 0. The van der Waals surface area contributed by atoms with Gasteiger partial charge in [0.15, 0.2) is 0 Å². The Morgan fingerprint density at radius 3 is 2.73 bits per heavy atom. The highest BCUT2D eigenvalue weighted by atomic mass is 16.2. The van der Waals surface area contributed by atoms with Crippen LogP contribution in [0.15, 0.2) is 18.3 Å². The van der Waals surface area contributed by atoms with Gasteiger partial charge in [0.25, 0.3) is 0 Å². The Morgan fingerprint density at radius 1 is 1.53 bits per heavy atom. The first-order valence-electron chi connectivity index (χ1n) is 5.00. The minimum atomic E-state index is -0.474. The predicted molar refractivity (Wildman–Crippen MR) is 60.4 cm³/mol. The number of aromatic nitrogens is 1. The highest BCUT2D eigenvalue weighted by Crippen LogP contribution is 2.08. The van der Waals surface area contributed by atoms with Crippen LogP contribution in [0.25, 0.3) is 0 Å². The van der Waals surface area contributed by atoms with Gasteiger partial charge in [-0.25, -0.2) is 0 Å². The van der Waals surface area contributed by atoms with Crippen LogP contribution in [-0.4, -0.2) is 16.9 Å². The summed E-state index contributed by atoms with van der Waals surface area (Å²) in [4.78, 5) is 15.7. The summed E-state index contributed by atoms with van der Waals surface area (Å²) in [6.07, 6.45) is 1.66. The second-order valence-electron chi connectivity index (χ2n) is 3.94. The summed E-state index contributed by atoms with van der Waals surface area (Å²) < 4.78 is 0. The number of nitrogens with one attached hydrogen (secondary N) is 1. The third-order valence-electron chi connectivity index (χ3n) is 2.19. The number of aryl methyl sites for hydroxylation is 1. The molecule has 0 fully saturated rings. The zero-order chi connectivity index (χ0) is 11.4. The van der Waals surface area contributed by atoms with E-state index < -0.39 is 6.04 Å². The fraction of sp³-hybridized carbons (Fsp3) is 0.455. The van der Waals surface area contributed by atoms with E-state index in [1.165, 1.54) is 0 Å². The van der Waals surface area contributed by atoms with Crippen molar-refractivity contribution in [2.45, 2.75) is 26.8 Å². The minimum Gasteiger partial charge on any atom is -0.325 e. The fourth-order valence-corrected chi connectivity index (χ4v) is 1.15. The maximum Gasteiger partial charge on any atom is 0.241 e. The van der Waals surface area contributed by atoms with E-state index in [0.29, 0.717) is 0 Å². The molecule has 0 aliphatic carbocycles. The lowest BCUT2D eigenvalue weighted by Gasteiger charge is -2.15. The number of carbonyl (C=O) groups excluding carboxylic acids is 1. The van der Waals surface area contributed by atoms with Crippen molar-refractivity contribution in [2.24, 2.45) is 11.7 Å². The average Bonchev–Trinajstić information content (AvgIpc) is 2.16. The topological polar surface area (TPSA) is 68.0 Å². The van der Waals surface area contributed by atoms with Gasteiger partial charge in [-0.1, -0.05) is 13.8 Å². The zero-order valence-corrected chi connectivity index (χ0v) is 9.32. The summed E-state index contributed by atoms with van der Waals surface area (Å²) in [7, 11) is 0. The number of carbonyl (C=O) groups is 1. The number of anilines is 1. The van der Waals surface area contributed by atoms with Crippen LogP contribution < -0.4 is 11.1 Å². The summed E-state index contributed by atoms with van der Waals surface area (Å²) in [5.41, 5.74) is 7.32. The van der Waals surface area contributed by atoms with Crippen LogP contribution in [0.2, 0.25) is 0 Å². The molecule has 1 aromatic rings. The lowest BCUT2D eigenvalue weighted by atomic mass is 10.1. The molecule has 82 valence electrons. The number of nitrogens with zero attached hydrogens (tertiary/aromatic N) is 1. The molecule has 4 nitrogen and oxygen atoms in total. The summed E-state index contributed by atoms with van der Waals surface area (Å²) in [5.74, 6) is -0.0245. The quantitative estimate of drug-likeness (QED) is 0.785. The SMILES string of the molecule is Cc1cc(NC(=O)C(N)C(C)C)ccn1. The Kier molecular flexibility index (Phi) is 3.80. The number of rotatable bonds is 3. The summed E-state index contributed by atoms with van der Waals surface area (Å²) in [5, 5.41) is 2.76. The van der Waals surface area contributed by atoms with E-state index in [4.69, 9.17) is 5.73 Å². The number of nitrogens with two attached hydrogens (primary N) is 1. The number of hydrogen-bond donors (Lipinski definition) is 2. The van der Waals surface area contributed by atoms with Crippen molar-refractivity contribution in [1.29, 1.82) is 0 Å². The van der Waals surface area contributed by atoms with Crippen LogP contribution in [0.1, 0.15) is 19.5 Å². The van der Waals surface area contributed by atoms with Crippen molar-refractivity contribution in [3.05, 3.63) is 24.0 Å². The molecule has 0 radical (unpaired) electrons. The van der Waals surface area contributed by atoms with Gasteiger partial charge in [-0.05, 0) is 25.0 Å². The van der Waals surface area contributed by atoms with E-state index >= 15 is 0 Å². The van der Waals surface area contributed by atoms with Crippen molar-refractivity contribution in [2.75, 3.05) is 5.32 Å². The summed E-state index contributed by atoms with van der Waals surface area (Å²) in [6.45, 7) is 5.71. The molecule has 1 heterocycles. The fourth-order valence-electron chi connectivity index (χ4n) is 1.15. The van der Waals surface area contributed by atoms with Gasteiger partial charge >= 0.3 is 0 Å². The van der Waals surface area contributed by atoms with Gasteiger partial charge in [-0.15, -0.1) is 0 Å². The van der Waals surface area contributed by atoms with Gasteiger partial charge in [-0.3, -0.25) is 9.78 Å². The maximum atomic E-state index is 11.6. The van der Waals surface area contributed by atoms with Crippen molar-refractivity contribution in [3.63, 3.8) is 0 Å². The van der Waals surface area contributed by atoms with Gasteiger partial charge < -0.3 is 11.1 Å². The van der Waals surface area contributed by atoms with Gasteiger partial charge in [0.05, 0.1) is 6.04 Å². The lowest BCUT2D eigenvalue weighted by Crippen LogP contribution is -2.39. The Bertz CT molecular complexity index is 349. The molecule has 0 spiro atoms. The minimum absolute atomic E-state index is 0.132. The van der Waals surface area contributed by atoms with Crippen molar-refractivity contribution in [1.82, 2.24) is 4.98 Å². The summed E-state index contributed by atoms with van der Waals surface area (Å²) in [6, 6.07) is 3.08. The molecule has 3 N–H and O–H groups in total. The van der Waals surface area contributed by atoms with Crippen molar-refractivity contribution < 1.29 is 4.79 Å². The molecular formula is C11H17N3O. The molecule has 0 saturated carbocycles. The van der Waals surface area contributed by atoms with Gasteiger partial charge in [0, 0.05) is 17.6 Å². The molecular weight excluding hydrogens is 190 g/mol. The van der Waals surface area contributed by atoms with Crippen LogP contribution >= 0.6 is 0 Å². The zero-order valence-electron chi connectivity index (χ0n) is 9.32. The molecule has 4 heteroatoms. The van der Waals surface area contributed by atoms with Gasteiger partial charge in [0.2, 0.25) is 5.91 Å². The molecule has 1 rings (SSSR count). The highest BCUT2D eigenvalue weighted by molar-refractivity contribution is 5.94. The second kappa shape index (κ2) is 4.89.